The van der Waals surface area contributed by atoms with Gasteiger partial charge in [0, 0.05) is 11.4 Å². The summed E-state index contributed by atoms with van der Waals surface area (Å²) in [7, 11) is 0. The molecular weight excluding hydrogens is 422 g/mol. The van der Waals surface area contributed by atoms with E-state index in [1.54, 1.807) is 13.8 Å². The molecule has 164 valence electrons. The third-order valence-corrected chi connectivity index (χ3v) is 6.08. The molecule has 0 fully saturated rings. The Hall–Kier alpha value is -3.32. The molecular formula is C25H25N3O3S. The number of thioether (sulfide) groups is 1. The maximum absolute atomic E-state index is 13.3. The monoisotopic (exact) mass is 447 g/mol. The van der Waals surface area contributed by atoms with Crippen molar-refractivity contribution in [1.82, 2.24) is 9.97 Å². The van der Waals surface area contributed by atoms with Crippen LogP contribution < -0.4 is 10.9 Å². The van der Waals surface area contributed by atoms with Crippen molar-refractivity contribution in [3.05, 3.63) is 99.0 Å². The van der Waals surface area contributed by atoms with Crippen LogP contribution in [0.1, 0.15) is 43.4 Å². The number of nitrogens with zero attached hydrogens (tertiary/aromatic N) is 1. The second-order valence-corrected chi connectivity index (χ2v) is 8.83. The van der Waals surface area contributed by atoms with Gasteiger partial charge in [-0.3, -0.25) is 4.79 Å². The number of carbonyl (C=O) groups is 1. The van der Waals surface area contributed by atoms with Crippen molar-refractivity contribution in [2.45, 2.75) is 43.7 Å². The number of carbonyl (C=O) groups excluding carboxylic acids is 1. The van der Waals surface area contributed by atoms with Crippen molar-refractivity contribution in [1.29, 1.82) is 0 Å². The Bertz CT molecular complexity index is 1200. The summed E-state index contributed by atoms with van der Waals surface area (Å²) in [5.41, 5.74) is 3.18. The van der Waals surface area contributed by atoms with Gasteiger partial charge in [0.2, 0.25) is 0 Å². The van der Waals surface area contributed by atoms with Crippen molar-refractivity contribution >= 4 is 23.5 Å². The van der Waals surface area contributed by atoms with E-state index in [9.17, 15) is 9.59 Å². The number of fused-ring (bicyclic) bond motifs is 1. The molecule has 1 unspecified atom stereocenters. The fourth-order valence-corrected chi connectivity index (χ4v) is 4.57. The van der Waals surface area contributed by atoms with Gasteiger partial charge in [-0.2, -0.15) is 0 Å². The number of rotatable bonds is 6. The van der Waals surface area contributed by atoms with Crippen LogP contribution in [0.15, 0.2) is 81.9 Å². The number of allylic oxidation sites excluding steroid dienone is 1. The second kappa shape index (κ2) is 9.44. The van der Waals surface area contributed by atoms with Gasteiger partial charge >= 0.3 is 5.97 Å². The fraction of sp³-hybridized carbons (Fsp3) is 0.240. The Balaban J connectivity index is 1.75. The molecule has 7 heteroatoms. The minimum atomic E-state index is -0.567. The number of benzene rings is 2. The van der Waals surface area contributed by atoms with Crippen molar-refractivity contribution in [2.75, 3.05) is 5.32 Å². The van der Waals surface area contributed by atoms with Gasteiger partial charge in [0.05, 0.1) is 23.2 Å². The van der Waals surface area contributed by atoms with Crippen LogP contribution in [0.5, 0.6) is 0 Å². The summed E-state index contributed by atoms with van der Waals surface area (Å²) >= 11 is 1.46. The number of hydrogen-bond acceptors (Lipinski definition) is 6. The number of H-pyrrole nitrogens is 1. The van der Waals surface area contributed by atoms with E-state index in [0.29, 0.717) is 33.6 Å². The molecule has 0 bridgehead atoms. The molecule has 0 spiro atoms. The number of hydrogen-bond donors (Lipinski definition) is 2. The third-order valence-electron chi connectivity index (χ3n) is 5.13. The molecule has 32 heavy (non-hydrogen) atoms. The zero-order valence-electron chi connectivity index (χ0n) is 18.2. The molecule has 0 saturated carbocycles. The third kappa shape index (κ3) is 4.62. The van der Waals surface area contributed by atoms with Gasteiger partial charge < -0.3 is 15.0 Å². The largest absolute Gasteiger partial charge is 0.460 e. The molecule has 1 aliphatic heterocycles. The van der Waals surface area contributed by atoms with Crippen LogP contribution in [0.4, 0.5) is 5.82 Å². The number of nitrogens with one attached hydrogen (secondary N) is 2. The number of ether oxygens (including phenoxy) is 1. The van der Waals surface area contributed by atoms with E-state index in [2.05, 4.69) is 15.3 Å². The van der Waals surface area contributed by atoms with Crippen molar-refractivity contribution < 1.29 is 9.53 Å². The number of anilines is 1. The summed E-state index contributed by atoms with van der Waals surface area (Å²) < 4.78 is 5.50. The van der Waals surface area contributed by atoms with Crippen LogP contribution in [-0.2, 0) is 15.3 Å². The maximum atomic E-state index is 13.3. The lowest BCUT2D eigenvalue weighted by Crippen LogP contribution is -2.31. The summed E-state index contributed by atoms with van der Waals surface area (Å²) in [4.78, 5) is 33.8. The highest BCUT2D eigenvalue weighted by Gasteiger charge is 2.36. The molecule has 3 aromatic rings. The van der Waals surface area contributed by atoms with E-state index in [4.69, 9.17) is 4.74 Å². The Morgan fingerprint density at radius 2 is 1.75 bits per heavy atom. The minimum Gasteiger partial charge on any atom is -0.460 e. The second-order valence-electron chi connectivity index (χ2n) is 7.87. The summed E-state index contributed by atoms with van der Waals surface area (Å²) in [5.74, 6) is 0.150. The van der Waals surface area contributed by atoms with E-state index in [1.165, 1.54) is 11.8 Å². The van der Waals surface area contributed by atoms with Crippen LogP contribution >= 0.6 is 11.8 Å². The van der Waals surface area contributed by atoms with Crippen molar-refractivity contribution in [3.8, 4) is 0 Å². The Morgan fingerprint density at radius 3 is 2.41 bits per heavy atom. The summed E-state index contributed by atoms with van der Waals surface area (Å²) in [6, 6.07) is 19.5. The van der Waals surface area contributed by atoms with Gasteiger partial charge in [-0.1, -0.05) is 72.4 Å². The lowest BCUT2D eigenvalue weighted by molar-refractivity contribution is -0.143. The number of aromatic nitrogens is 2. The lowest BCUT2D eigenvalue weighted by atomic mass is 9.82. The number of esters is 1. The van der Waals surface area contributed by atoms with Crippen LogP contribution in [-0.4, -0.2) is 22.0 Å². The van der Waals surface area contributed by atoms with E-state index in [0.717, 1.165) is 11.1 Å². The normalized spacial score (nSPS) is 15.3. The van der Waals surface area contributed by atoms with Gasteiger partial charge in [-0.25, -0.2) is 9.78 Å². The Labute approximate surface area is 191 Å². The molecule has 0 amide bonds. The quantitative estimate of drug-likeness (QED) is 0.319. The van der Waals surface area contributed by atoms with Gasteiger partial charge in [0.1, 0.15) is 5.82 Å². The first kappa shape index (κ1) is 21.9. The minimum absolute atomic E-state index is 0.269. The number of aromatic amines is 1. The topological polar surface area (TPSA) is 84.1 Å². The predicted octanol–water partition coefficient (Wildman–Crippen LogP) is 4.85. The maximum Gasteiger partial charge on any atom is 0.337 e. The van der Waals surface area contributed by atoms with E-state index < -0.39 is 11.9 Å². The van der Waals surface area contributed by atoms with Gasteiger partial charge in [0.25, 0.3) is 5.56 Å². The predicted molar refractivity (Wildman–Crippen MR) is 127 cm³/mol. The molecule has 1 atom stereocenters. The molecule has 1 aliphatic rings. The molecule has 2 aromatic carbocycles. The zero-order valence-corrected chi connectivity index (χ0v) is 19.0. The average Bonchev–Trinajstić information content (AvgIpc) is 2.77. The average molecular weight is 448 g/mol. The first-order chi connectivity index (χ1) is 15.4. The van der Waals surface area contributed by atoms with Crippen molar-refractivity contribution in [2.24, 2.45) is 0 Å². The van der Waals surface area contributed by atoms with E-state index >= 15 is 0 Å². The molecule has 0 aliphatic carbocycles. The standard InChI is InChI=1S/C25H25N3O3S/c1-15(2)31-24(30)19-16(3)26-22-21(20(19)18-12-8-5-9-13-18)23(29)28-25(27-22)32-14-17-10-6-4-7-11-17/h4-13,15,20H,14H2,1-3H3,(H2,26,27,28,29). The van der Waals surface area contributed by atoms with Crippen LogP contribution in [0.2, 0.25) is 0 Å². The van der Waals surface area contributed by atoms with Crippen LogP contribution in [0.3, 0.4) is 0 Å². The molecule has 2 heterocycles. The van der Waals surface area contributed by atoms with Crippen molar-refractivity contribution in [3.63, 3.8) is 0 Å². The smallest absolute Gasteiger partial charge is 0.337 e. The molecule has 6 nitrogen and oxygen atoms in total. The SMILES string of the molecule is CC1=C(C(=O)OC(C)C)C(c2ccccc2)c2c(nc(SCc3ccccc3)[nH]c2=O)N1. The summed E-state index contributed by atoms with van der Waals surface area (Å²) in [6.07, 6.45) is -0.270. The summed E-state index contributed by atoms with van der Waals surface area (Å²) in [6.45, 7) is 5.43. The van der Waals surface area contributed by atoms with E-state index in [-0.39, 0.29) is 11.7 Å². The molecule has 0 radical (unpaired) electrons. The first-order valence-electron chi connectivity index (χ1n) is 10.5. The Morgan fingerprint density at radius 1 is 1.09 bits per heavy atom. The lowest BCUT2D eigenvalue weighted by Gasteiger charge is -2.29. The fourth-order valence-electron chi connectivity index (χ4n) is 3.75. The highest BCUT2D eigenvalue weighted by atomic mass is 32.2. The van der Waals surface area contributed by atoms with E-state index in [1.807, 2.05) is 67.6 Å². The highest BCUT2D eigenvalue weighted by Crippen LogP contribution is 2.40. The molecule has 2 N–H and O–H groups in total. The first-order valence-corrected chi connectivity index (χ1v) is 11.5. The van der Waals surface area contributed by atoms with Gasteiger partial charge in [-0.15, -0.1) is 0 Å². The zero-order chi connectivity index (χ0) is 22.7. The van der Waals surface area contributed by atoms with Gasteiger partial charge in [0.15, 0.2) is 5.16 Å². The highest BCUT2D eigenvalue weighted by molar-refractivity contribution is 7.98. The Kier molecular flexibility index (Phi) is 6.46. The van der Waals surface area contributed by atoms with Crippen LogP contribution in [0, 0.1) is 0 Å². The summed E-state index contributed by atoms with van der Waals surface area (Å²) in [5, 5.41) is 3.70. The van der Waals surface area contributed by atoms with Crippen LogP contribution in [0.25, 0.3) is 0 Å². The molecule has 4 rings (SSSR count). The molecule has 0 saturated heterocycles. The molecule has 1 aromatic heterocycles. The van der Waals surface area contributed by atoms with Gasteiger partial charge in [-0.05, 0) is 31.9 Å².